The Morgan fingerprint density at radius 1 is 1.44 bits per heavy atom. The second kappa shape index (κ2) is 3.17. The summed E-state index contributed by atoms with van der Waals surface area (Å²) >= 11 is 0. The van der Waals surface area contributed by atoms with Crippen molar-refractivity contribution >= 4 is 9.84 Å². The Morgan fingerprint density at radius 2 is 1.89 bits per heavy atom. The lowest BCUT2D eigenvalue weighted by atomic mass is 10.3. The third kappa shape index (κ3) is 4.42. The van der Waals surface area contributed by atoms with Gasteiger partial charge < -0.3 is 5.73 Å². The zero-order valence-corrected chi connectivity index (χ0v) is 6.61. The van der Waals surface area contributed by atoms with Crippen LogP contribution in [0.2, 0.25) is 0 Å². The average molecular weight is 151 g/mol. The van der Waals surface area contributed by atoms with Gasteiger partial charge in [0.15, 0.2) is 9.84 Å². The first kappa shape index (κ1) is 8.91. The number of sulfone groups is 1. The fraction of sp³-hybridized carbons (Fsp3) is 1.00. The Hall–Kier alpha value is -0.0900. The van der Waals surface area contributed by atoms with Gasteiger partial charge in [0, 0.05) is 0 Å². The Balaban J connectivity index is 3.90. The molecule has 56 valence electrons. The summed E-state index contributed by atoms with van der Waals surface area (Å²) in [6, 6.07) is 0. The van der Waals surface area contributed by atoms with Crippen molar-refractivity contribution in [1.82, 2.24) is 0 Å². The van der Waals surface area contributed by atoms with Crippen molar-refractivity contribution in [3.05, 3.63) is 0 Å². The minimum Gasteiger partial charge on any atom is -0.318 e. The molecule has 0 heterocycles. The molecular weight excluding hydrogens is 138 g/mol. The Kier molecular flexibility index (Phi) is 3.14. The molecule has 0 aliphatic rings. The number of hydrogen-bond acceptors (Lipinski definition) is 3. The Bertz CT molecular complexity index is 160. The SMILES string of the molecule is CC(C)CS(=O)(=O)CN. The molecule has 3 nitrogen and oxygen atoms in total. The van der Waals surface area contributed by atoms with E-state index in [0.29, 0.717) is 0 Å². The summed E-state index contributed by atoms with van der Waals surface area (Å²) in [4.78, 5) is 0. The number of nitrogens with two attached hydrogens (primary N) is 1. The molecule has 4 heteroatoms. The second-order valence-corrected chi connectivity index (χ2v) is 4.62. The predicted octanol–water partition coefficient (Wildman–Crippen LogP) is -0.0266. The Morgan fingerprint density at radius 3 is 2.00 bits per heavy atom. The van der Waals surface area contributed by atoms with Gasteiger partial charge in [-0.05, 0) is 5.92 Å². The summed E-state index contributed by atoms with van der Waals surface area (Å²) in [6.07, 6.45) is 0. The second-order valence-electron chi connectivity index (χ2n) is 2.47. The lowest BCUT2D eigenvalue weighted by molar-refractivity contribution is 0.582. The minimum atomic E-state index is -2.94. The quantitative estimate of drug-likeness (QED) is 0.616. The van der Waals surface area contributed by atoms with E-state index in [-0.39, 0.29) is 17.5 Å². The third-order valence-corrected chi connectivity index (χ3v) is 2.52. The first-order valence-electron chi connectivity index (χ1n) is 2.88. The van der Waals surface area contributed by atoms with Gasteiger partial charge in [-0.25, -0.2) is 8.42 Å². The van der Waals surface area contributed by atoms with Crippen molar-refractivity contribution in [3.63, 3.8) is 0 Å². The molecule has 2 N–H and O–H groups in total. The van der Waals surface area contributed by atoms with Gasteiger partial charge in [-0.1, -0.05) is 13.8 Å². The molecule has 0 aromatic heterocycles. The van der Waals surface area contributed by atoms with E-state index >= 15 is 0 Å². The summed E-state index contributed by atoms with van der Waals surface area (Å²) in [5.41, 5.74) is 4.97. The van der Waals surface area contributed by atoms with Crippen LogP contribution in [0.25, 0.3) is 0 Å². The molecular formula is C5H13NO2S. The van der Waals surface area contributed by atoms with Crippen LogP contribution >= 0.6 is 0 Å². The first-order valence-corrected chi connectivity index (χ1v) is 4.70. The van der Waals surface area contributed by atoms with E-state index in [4.69, 9.17) is 5.73 Å². The smallest absolute Gasteiger partial charge is 0.163 e. The van der Waals surface area contributed by atoms with Gasteiger partial charge >= 0.3 is 0 Å². The molecule has 0 unspecified atom stereocenters. The van der Waals surface area contributed by atoms with Crippen LogP contribution in [0, 0.1) is 5.92 Å². The van der Waals surface area contributed by atoms with E-state index in [1.165, 1.54) is 0 Å². The maximum atomic E-state index is 10.7. The van der Waals surface area contributed by atoms with Crippen molar-refractivity contribution in [2.45, 2.75) is 13.8 Å². The average Bonchev–Trinajstić information content (AvgIpc) is 1.63. The summed E-state index contributed by atoms with van der Waals surface area (Å²) in [5, 5.41) is 0. The number of hydrogen-bond donors (Lipinski definition) is 1. The van der Waals surface area contributed by atoms with Crippen molar-refractivity contribution in [2.24, 2.45) is 11.7 Å². The van der Waals surface area contributed by atoms with Crippen LogP contribution in [0.5, 0.6) is 0 Å². The lowest BCUT2D eigenvalue weighted by Crippen LogP contribution is -2.20. The Labute approximate surface area is 56.2 Å². The fourth-order valence-electron chi connectivity index (χ4n) is 0.576. The molecule has 0 saturated heterocycles. The van der Waals surface area contributed by atoms with Crippen LogP contribution < -0.4 is 5.73 Å². The van der Waals surface area contributed by atoms with Crippen LogP contribution in [0.1, 0.15) is 13.8 Å². The van der Waals surface area contributed by atoms with E-state index in [1.807, 2.05) is 13.8 Å². The highest BCUT2D eigenvalue weighted by Gasteiger charge is 2.09. The van der Waals surface area contributed by atoms with Crippen LogP contribution in [0.3, 0.4) is 0 Å². The van der Waals surface area contributed by atoms with Gasteiger partial charge in [-0.2, -0.15) is 0 Å². The lowest BCUT2D eigenvalue weighted by Gasteiger charge is -2.02. The van der Waals surface area contributed by atoms with Gasteiger partial charge in [0.05, 0.1) is 11.6 Å². The summed E-state index contributed by atoms with van der Waals surface area (Å²) in [5.74, 6) is 0.146. The molecule has 0 radical (unpaired) electrons. The highest BCUT2D eigenvalue weighted by Crippen LogP contribution is 1.97. The summed E-state index contributed by atoms with van der Waals surface area (Å²) < 4.78 is 21.4. The van der Waals surface area contributed by atoms with E-state index in [0.717, 1.165) is 0 Å². The molecule has 0 spiro atoms. The number of rotatable bonds is 3. The van der Waals surface area contributed by atoms with Crippen molar-refractivity contribution in [2.75, 3.05) is 11.6 Å². The highest BCUT2D eigenvalue weighted by molar-refractivity contribution is 7.91. The van der Waals surface area contributed by atoms with Gasteiger partial charge in [0.2, 0.25) is 0 Å². The van der Waals surface area contributed by atoms with Crippen molar-refractivity contribution in [1.29, 1.82) is 0 Å². The molecule has 0 atom stereocenters. The molecule has 0 amide bonds. The van der Waals surface area contributed by atoms with Crippen LogP contribution in [0.4, 0.5) is 0 Å². The first-order chi connectivity index (χ1) is 3.98. The third-order valence-electron chi connectivity index (χ3n) is 0.841. The normalized spacial score (nSPS) is 12.4. The maximum Gasteiger partial charge on any atom is 0.163 e. The highest BCUT2D eigenvalue weighted by atomic mass is 32.2. The zero-order chi connectivity index (χ0) is 7.49. The van der Waals surface area contributed by atoms with Gasteiger partial charge in [-0.15, -0.1) is 0 Å². The van der Waals surface area contributed by atoms with E-state index in [2.05, 4.69) is 0 Å². The van der Waals surface area contributed by atoms with Crippen LogP contribution in [-0.4, -0.2) is 20.0 Å². The molecule has 0 fully saturated rings. The molecule has 9 heavy (non-hydrogen) atoms. The maximum absolute atomic E-state index is 10.7. The predicted molar refractivity (Wildman–Crippen MR) is 37.7 cm³/mol. The van der Waals surface area contributed by atoms with E-state index in [1.54, 1.807) is 0 Å². The molecule has 0 rings (SSSR count). The van der Waals surface area contributed by atoms with E-state index < -0.39 is 9.84 Å². The minimum absolute atomic E-state index is 0.179. The molecule has 0 saturated carbocycles. The zero-order valence-electron chi connectivity index (χ0n) is 5.79. The molecule has 0 aliphatic heterocycles. The molecule has 0 aromatic carbocycles. The molecule has 0 aromatic rings. The summed E-state index contributed by atoms with van der Waals surface area (Å²) in [7, 11) is -2.94. The van der Waals surface area contributed by atoms with Crippen LogP contribution in [0.15, 0.2) is 0 Å². The topological polar surface area (TPSA) is 60.2 Å². The van der Waals surface area contributed by atoms with Crippen molar-refractivity contribution in [3.8, 4) is 0 Å². The standard InChI is InChI=1S/C5H13NO2S/c1-5(2)3-9(7,8)4-6/h5H,3-4,6H2,1-2H3. The molecule has 0 bridgehead atoms. The van der Waals surface area contributed by atoms with Crippen molar-refractivity contribution < 1.29 is 8.42 Å². The van der Waals surface area contributed by atoms with Gasteiger partial charge in [0.1, 0.15) is 0 Å². The largest absolute Gasteiger partial charge is 0.318 e. The van der Waals surface area contributed by atoms with Gasteiger partial charge in [-0.3, -0.25) is 0 Å². The molecule has 0 aliphatic carbocycles. The van der Waals surface area contributed by atoms with E-state index in [9.17, 15) is 8.42 Å². The van der Waals surface area contributed by atoms with Gasteiger partial charge in [0.25, 0.3) is 0 Å². The van der Waals surface area contributed by atoms with Crippen LogP contribution in [-0.2, 0) is 9.84 Å². The fourth-order valence-corrected chi connectivity index (χ4v) is 1.73. The monoisotopic (exact) mass is 151 g/mol. The summed E-state index contributed by atoms with van der Waals surface area (Å²) in [6.45, 7) is 3.71.